The van der Waals surface area contributed by atoms with Gasteiger partial charge >= 0.3 is 0 Å². The van der Waals surface area contributed by atoms with Gasteiger partial charge in [0.2, 0.25) is 0 Å². The van der Waals surface area contributed by atoms with E-state index in [1.54, 1.807) is 0 Å². The summed E-state index contributed by atoms with van der Waals surface area (Å²) >= 11 is 0. The lowest BCUT2D eigenvalue weighted by molar-refractivity contribution is 0.237. The molecule has 1 atom stereocenters. The van der Waals surface area contributed by atoms with Crippen LogP contribution in [-0.2, 0) is 0 Å². The molecule has 0 spiro atoms. The largest absolute Gasteiger partial charge is 0.312 e. The normalized spacial score (nSPS) is 21.9. The van der Waals surface area contributed by atoms with E-state index in [1.165, 1.54) is 29.5 Å². The van der Waals surface area contributed by atoms with Crippen molar-refractivity contribution in [1.29, 1.82) is 0 Å². The predicted octanol–water partition coefficient (Wildman–Crippen LogP) is 4.13. The zero-order chi connectivity index (χ0) is 16.2. The quantitative estimate of drug-likeness (QED) is 0.863. The van der Waals surface area contributed by atoms with Crippen LogP contribution in [0.15, 0.2) is 54.6 Å². The Labute approximate surface area is 140 Å². The topological polar surface area (TPSA) is 15.3 Å². The van der Waals surface area contributed by atoms with E-state index in [4.69, 9.17) is 0 Å². The average molecular weight is 308 g/mol. The van der Waals surface area contributed by atoms with Gasteiger partial charge < -0.3 is 10.2 Å². The highest BCUT2D eigenvalue weighted by atomic mass is 15.1. The van der Waals surface area contributed by atoms with Gasteiger partial charge in [-0.1, -0.05) is 54.6 Å². The number of aryl methyl sites for hydroxylation is 1. The molecule has 0 aliphatic heterocycles. The molecule has 0 heterocycles. The van der Waals surface area contributed by atoms with Gasteiger partial charge in [-0.3, -0.25) is 0 Å². The molecule has 2 nitrogen and oxygen atoms in total. The molecular weight excluding hydrogens is 280 g/mol. The van der Waals surface area contributed by atoms with Gasteiger partial charge in [0.05, 0.1) is 0 Å². The van der Waals surface area contributed by atoms with Crippen LogP contribution in [0.4, 0.5) is 0 Å². The Morgan fingerprint density at radius 3 is 2.30 bits per heavy atom. The minimum absolute atomic E-state index is 0.439. The standard InChI is InChI=1S/C21H28N2/c1-16-9-7-8-12-20(16)18-13-19(14-18)22-15-21(23(2)3)17-10-5-4-6-11-17/h4-12,18-19,21-22H,13-15H2,1-3H3. The van der Waals surface area contributed by atoms with Gasteiger partial charge in [-0.25, -0.2) is 0 Å². The minimum Gasteiger partial charge on any atom is -0.312 e. The Morgan fingerprint density at radius 2 is 1.65 bits per heavy atom. The fourth-order valence-corrected chi connectivity index (χ4v) is 3.64. The number of nitrogens with one attached hydrogen (secondary N) is 1. The van der Waals surface area contributed by atoms with Gasteiger partial charge in [0.25, 0.3) is 0 Å². The third-order valence-electron chi connectivity index (χ3n) is 5.17. The first-order chi connectivity index (χ1) is 11.1. The smallest absolute Gasteiger partial charge is 0.0466 e. The summed E-state index contributed by atoms with van der Waals surface area (Å²) in [5.74, 6) is 0.739. The van der Waals surface area contributed by atoms with E-state index >= 15 is 0 Å². The summed E-state index contributed by atoms with van der Waals surface area (Å²) in [7, 11) is 4.33. The zero-order valence-corrected chi connectivity index (χ0v) is 14.5. The van der Waals surface area contributed by atoms with Gasteiger partial charge in [-0.15, -0.1) is 0 Å². The third-order valence-corrected chi connectivity index (χ3v) is 5.17. The second-order valence-corrected chi connectivity index (χ2v) is 7.02. The molecule has 1 saturated carbocycles. The number of rotatable bonds is 6. The molecule has 1 aliphatic carbocycles. The molecule has 1 fully saturated rings. The Hall–Kier alpha value is -1.64. The van der Waals surface area contributed by atoms with Gasteiger partial charge in [0, 0.05) is 18.6 Å². The molecule has 0 bridgehead atoms. The second-order valence-electron chi connectivity index (χ2n) is 7.02. The number of benzene rings is 2. The molecule has 1 unspecified atom stereocenters. The fraction of sp³-hybridized carbons (Fsp3) is 0.429. The van der Waals surface area contributed by atoms with Crippen LogP contribution in [0, 0.1) is 6.92 Å². The summed E-state index contributed by atoms with van der Waals surface area (Å²) in [5, 5.41) is 3.78. The summed E-state index contributed by atoms with van der Waals surface area (Å²) in [6.45, 7) is 3.25. The van der Waals surface area contributed by atoms with Crippen molar-refractivity contribution in [2.75, 3.05) is 20.6 Å². The van der Waals surface area contributed by atoms with Crippen molar-refractivity contribution < 1.29 is 0 Å². The summed E-state index contributed by atoms with van der Waals surface area (Å²) in [4.78, 5) is 2.31. The van der Waals surface area contributed by atoms with Crippen molar-refractivity contribution in [3.05, 3.63) is 71.3 Å². The highest BCUT2D eigenvalue weighted by molar-refractivity contribution is 5.31. The van der Waals surface area contributed by atoms with Crippen LogP contribution < -0.4 is 5.32 Å². The minimum atomic E-state index is 0.439. The van der Waals surface area contributed by atoms with Crippen LogP contribution >= 0.6 is 0 Å². The van der Waals surface area contributed by atoms with E-state index in [0.29, 0.717) is 12.1 Å². The van der Waals surface area contributed by atoms with E-state index in [9.17, 15) is 0 Å². The zero-order valence-electron chi connectivity index (χ0n) is 14.5. The SMILES string of the molecule is Cc1ccccc1C1CC(NCC(c2ccccc2)N(C)C)C1. The van der Waals surface area contributed by atoms with Gasteiger partial charge in [0.15, 0.2) is 0 Å². The van der Waals surface area contributed by atoms with Crippen LogP contribution in [0.5, 0.6) is 0 Å². The Kier molecular flexibility index (Phi) is 5.14. The van der Waals surface area contributed by atoms with Crippen LogP contribution in [-0.4, -0.2) is 31.6 Å². The molecule has 0 amide bonds. The molecule has 2 aromatic rings. The van der Waals surface area contributed by atoms with Gasteiger partial charge in [-0.2, -0.15) is 0 Å². The molecule has 0 saturated heterocycles. The summed E-state index contributed by atoms with van der Waals surface area (Å²) in [6.07, 6.45) is 2.53. The number of likely N-dealkylation sites (N-methyl/N-ethyl adjacent to an activating group) is 1. The van der Waals surface area contributed by atoms with Crippen molar-refractivity contribution in [2.24, 2.45) is 0 Å². The van der Waals surface area contributed by atoms with Crippen molar-refractivity contribution in [1.82, 2.24) is 10.2 Å². The van der Waals surface area contributed by atoms with Crippen molar-refractivity contribution in [2.45, 2.75) is 37.8 Å². The lowest BCUT2D eigenvalue weighted by atomic mass is 9.74. The average Bonchev–Trinajstić information content (AvgIpc) is 2.51. The molecule has 1 aliphatic rings. The van der Waals surface area contributed by atoms with E-state index < -0.39 is 0 Å². The fourth-order valence-electron chi connectivity index (χ4n) is 3.64. The van der Waals surface area contributed by atoms with Crippen LogP contribution in [0.1, 0.15) is 41.5 Å². The van der Waals surface area contributed by atoms with Gasteiger partial charge in [-0.05, 0) is 56.5 Å². The molecule has 0 radical (unpaired) electrons. The first kappa shape index (κ1) is 16.2. The summed E-state index contributed by atoms with van der Waals surface area (Å²) in [6, 6.07) is 20.7. The van der Waals surface area contributed by atoms with E-state index in [0.717, 1.165) is 12.5 Å². The van der Waals surface area contributed by atoms with Crippen LogP contribution in [0.25, 0.3) is 0 Å². The second kappa shape index (κ2) is 7.29. The summed E-state index contributed by atoms with van der Waals surface area (Å²) in [5.41, 5.74) is 4.36. The monoisotopic (exact) mass is 308 g/mol. The molecule has 1 N–H and O–H groups in total. The van der Waals surface area contributed by atoms with Gasteiger partial charge in [0.1, 0.15) is 0 Å². The lowest BCUT2D eigenvalue weighted by Crippen LogP contribution is -2.43. The highest BCUT2D eigenvalue weighted by Gasteiger charge is 2.31. The van der Waals surface area contributed by atoms with Crippen LogP contribution in [0.3, 0.4) is 0 Å². The first-order valence-corrected chi connectivity index (χ1v) is 8.65. The van der Waals surface area contributed by atoms with E-state index in [-0.39, 0.29) is 0 Å². The lowest BCUT2D eigenvalue weighted by Gasteiger charge is -2.38. The Morgan fingerprint density at radius 1 is 1.00 bits per heavy atom. The van der Waals surface area contributed by atoms with Crippen LogP contribution in [0.2, 0.25) is 0 Å². The molecule has 2 heteroatoms. The van der Waals surface area contributed by atoms with E-state index in [1.807, 2.05) is 0 Å². The van der Waals surface area contributed by atoms with Crippen molar-refractivity contribution in [3.8, 4) is 0 Å². The number of nitrogens with zero attached hydrogens (tertiary/aromatic N) is 1. The molecular formula is C21H28N2. The maximum absolute atomic E-state index is 3.78. The van der Waals surface area contributed by atoms with E-state index in [2.05, 4.69) is 85.8 Å². The predicted molar refractivity (Wildman–Crippen MR) is 97.8 cm³/mol. The Balaban J connectivity index is 1.53. The van der Waals surface area contributed by atoms with Crippen molar-refractivity contribution in [3.63, 3.8) is 0 Å². The number of hydrogen-bond acceptors (Lipinski definition) is 2. The number of hydrogen-bond donors (Lipinski definition) is 1. The maximum Gasteiger partial charge on any atom is 0.0466 e. The molecule has 3 rings (SSSR count). The first-order valence-electron chi connectivity index (χ1n) is 8.65. The van der Waals surface area contributed by atoms with Crippen molar-refractivity contribution >= 4 is 0 Å². The summed E-state index contributed by atoms with van der Waals surface area (Å²) < 4.78 is 0. The molecule has 2 aromatic carbocycles. The molecule has 23 heavy (non-hydrogen) atoms. The highest BCUT2D eigenvalue weighted by Crippen LogP contribution is 2.38. The molecule has 0 aromatic heterocycles. The Bertz CT molecular complexity index is 615. The molecule has 122 valence electrons. The maximum atomic E-state index is 3.78. The third kappa shape index (κ3) is 3.82.